The van der Waals surface area contributed by atoms with Gasteiger partial charge in [-0.05, 0) is 56.4 Å². The van der Waals surface area contributed by atoms with E-state index in [2.05, 4.69) is 16.0 Å². The second-order valence-corrected chi connectivity index (χ2v) is 4.67. The Morgan fingerprint density at radius 3 is 2.81 bits per heavy atom. The molecule has 16 heavy (non-hydrogen) atoms. The topological polar surface area (TPSA) is 42.1 Å². The van der Waals surface area contributed by atoms with Gasteiger partial charge < -0.3 is 10.6 Å². The van der Waals surface area contributed by atoms with Crippen LogP contribution in [0.2, 0.25) is 0 Å². The molecule has 1 atom stereocenters. The molecule has 2 rings (SSSR count). The predicted octanol–water partition coefficient (Wildman–Crippen LogP) is 1.29. The molecule has 88 valence electrons. The number of aromatic nitrogens is 1. The lowest BCUT2D eigenvalue weighted by Crippen LogP contribution is -2.32. The van der Waals surface area contributed by atoms with Crippen LogP contribution in [-0.2, 0) is 6.42 Å². The Bertz CT molecular complexity index is 293. The van der Waals surface area contributed by atoms with Gasteiger partial charge in [-0.15, -0.1) is 0 Å². The second kappa shape index (κ2) is 5.97. The Balaban J connectivity index is 1.85. The first-order valence-corrected chi connectivity index (χ1v) is 6.20. The van der Waals surface area contributed by atoms with Crippen LogP contribution in [0.4, 0.5) is 0 Å². The number of rotatable bonds is 5. The number of pyridine rings is 1. The molecule has 2 N–H and O–H groups in total. The highest BCUT2D eigenvalue weighted by Crippen LogP contribution is 2.13. The summed E-state index contributed by atoms with van der Waals surface area (Å²) in [5, 5.41) is 0. The summed E-state index contributed by atoms with van der Waals surface area (Å²) in [4.78, 5) is 6.69. The molecule has 1 aromatic heterocycles. The molecular formula is C13H21N3. The molecule has 0 spiro atoms. The zero-order chi connectivity index (χ0) is 11.2. The van der Waals surface area contributed by atoms with E-state index < -0.39 is 0 Å². The van der Waals surface area contributed by atoms with Crippen molar-refractivity contribution in [2.24, 2.45) is 11.7 Å². The van der Waals surface area contributed by atoms with E-state index in [1.54, 1.807) is 0 Å². The van der Waals surface area contributed by atoms with Crippen molar-refractivity contribution in [1.29, 1.82) is 0 Å². The quantitative estimate of drug-likeness (QED) is 0.811. The van der Waals surface area contributed by atoms with Gasteiger partial charge in [0.2, 0.25) is 0 Å². The summed E-state index contributed by atoms with van der Waals surface area (Å²) in [5.41, 5.74) is 7.15. The molecule has 1 aromatic rings. The van der Waals surface area contributed by atoms with E-state index in [1.165, 1.54) is 31.5 Å². The number of nitrogens with zero attached hydrogens (tertiary/aromatic N) is 2. The van der Waals surface area contributed by atoms with E-state index in [4.69, 9.17) is 5.73 Å². The SMILES string of the molecule is NCC(Cc1cccnc1)CN1CCCC1. The second-order valence-electron chi connectivity index (χ2n) is 4.67. The Morgan fingerprint density at radius 2 is 2.19 bits per heavy atom. The van der Waals surface area contributed by atoms with Crippen molar-refractivity contribution in [2.45, 2.75) is 19.3 Å². The highest BCUT2D eigenvalue weighted by atomic mass is 15.1. The molecule has 3 nitrogen and oxygen atoms in total. The summed E-state index contributed by atoms with van der Waals surface area (Å²) in [6, 6.07) is 4.14. The molecule has 0 saturated carbocycles. The van der Waals surface area contributed by atoms with Crippen molar-refractivity contribution >= 4 is 0 Å². The van der Waals surface area contributed by atoms with Crippen LogP contribution in [-0.4, -0.2) is 36.1 Å². The van der Waals surface area contributed by atoms with Crippen molar-refractivity contribution in [2.75, 3.05) is 26.2 Å². The van der Waals surface area contributed by atoms with E-state index in [-0.39, 0.29) is 0 Å². The van der Waals surface area contributed by atoms with Crippen molar-refractivity contribution in [1.82, 2.24) is 9.88 Å². The van der Waals surface area contributed by atoms with Gasteiger partial charge in [-0.3, -0.25) is 4.98 Å². The molecule has 0 bridgehead atoms. The molecule has 1 aliphatic rings. The van der Waals surface area contributed by atoms with E-state index in [9.17, 15) is 0 Å². The third-order valence-corrected chi connectivity index (χ3v) is 3.30. The van der Waals surface area contributed by atoms with Gasteiger partial charge in [0.15, 0.2) is 0 Å². The lowest BCUT2D eigenvalue weighted by atomic mass is 10.0. The summed E-state index contributed by atoms with van der Waals surface area (Å²) in [6.07, 6.45) is 7.53. The molecule has 1 saturated heterocycles. The molecule has 1 fully saturated rings. The maximum absolute atomic E-state index is 5.85. The number of nitrogens with two attached hydrogens (primary N) is 1. The average molecular weight is 219 g/mol. The summed E-state index contributed by atoms with van der Waals surface area (Å²) < 4.78 is 0. The summed E-state index contributed by atoms with van der Waals surface area (Å²) >= 11 is 0. The normalized spacial score (nSPS) is 18.8. The van der Waals surface area contributed by atoms with E-state index in [0.29, 0.717) is 5.92 Å². The molecule has 1 aliphatic heterocycles. The van der Waals surface area contributed by atoms with Crippen molar-refractivity contribution < 1.29 is 0 Å². The Labute approximate surface area is 97.7 Å². The maximum Gasteiger partial charge on any atom is 0.0299 e. The first-order valence-electron chi connectivity index (χ1n) is 6.20. The van der Waals surface area contributed by atoms with Crippen LogP contribution >= 0.6 is 0 Å². The number of hydrogen-bond acceptors (Lipinski definition) is 3. The molecule has 2 heterocycles. The van der Waals surface area contributed by atoms with Crippen molar-refractivity contribution in [3.05, 3.63) is 30.1 Å². The smallest absolute Gasteiger partial charge is 0.0299 e. The maximum atomic E-state index is 5.85. The third-order valence-electron chi connectivity index (χ3n) is 3.30. The molecule has 0 amide bonds. The number of hydrogen-bond donors (Lipinski definition) is 1. The molecule has 0 aromatic carbocycles. The van der Waals surface area contributed by atoms with Crippen molar-refractivity contribution in [3.63, 3.8) is 0 Å². The summed E-state index contributed by atoms with van der Waals surface area (Å²) in [7, 11) is 0. The zero-order valence-corrected chi connectivity index (χ0v) is 9.81. The fourth-order valence-electron chi connectivity index (χ4n) is 2.40. The highest BCUT2D eigenvalue weighted by Gasteiger charge is 2.16. The van der Waals surface area contributed by atoms with Crippen LogP contribution in [0.5, 0.6) is 0 Å². The lowest BCUT2D eigenvalue weighted by Gasteiger charge is -2.22. The Morgan fingerprint density at radius 1 is 1.38 bits per heavy atom. The molecular weight excluding hydrogens is 198 g/mol. The van der Waals surface area contributed by atoms with Gasteiger partial charge in [-0.25, -0.2) is 0 Å². The average Bonchev–Trinajstić information content (AvgIpc) is 2.82. The van der Waals surface area contributed by atoms with Gasteiger partial charge in [-0.2, -0.15) is 0 Å². The summed E-state index contributed by atoms with van der Waals surface area (Å²) in [5.74, 6) is 0.572. The van der Waals surface area contributed by atoms with Crippen LogP contribution in [0.25, 0.3) is 0 Å². The predicted molar refractivity (Wildman–Crippen MR) is 66.2 cm³/mol. The first kappa shape index (κ1) is 11.6. The van der Waals surface area contributed by atoms with Crippen molar-refractivity contribution in [3.8, 4) is 0 Å². The largest absolute Gasteiger partial charge is 0.330 e. The van der Waals surface area contributed by atoms with Crippen LogP contribution in [0, 0.1) is 5.92 Å². The lowest BCUT2D eigenvalue weighted by molar-refractivity contribution is 0.279. The molecule has 0 aliphatic carbocycles. The van der Waals surface area contributed by atoms with E-state index >= 15 is 0 Å². The van der Waals surface area contributed by atoms with Crippen LogP contribution in [0.3, 0.4) is 0 Å². The van der Waals surface area contributed by atoms with Gasteiger partial charge in [0, 0.05) is 18.9 Å². The minimum Gasteiger partial charge on any atom is -0.330 e. The summed E-state index contributed by atoms with van der Waals surface area (Å²) in [6.45, 7) is 4.42. The van der Waals surface area contributed by atoms with Crippen LogP contribution in [0.15, 0.2) is 24.5 Å². The van der Waals surface area contributed by atoms with Gasteiger partial charge in [-0.1, -0.05) is 6.07 Å². The minimum absolute atomic E-state index is 0.572. The van der Waals surface area contributed by atoms with Gasteiger partial charge in [0.25, 0.3) is 0 Å². The van der Waals surface area contributed by atoms with Gasteiger partial charge in [0.05, 0.1) is 0 Å². The fraction of sp³-hybridized carbons (Fsp3) is 0.615. The van der Waals surface area contributed by atoms with Crippen LogP contribution < -0.4 is 5.73 Å². The molecule has 1 unspecified atom stereocenters. The monoisotopic (exact) mass is 219 g/mol. The minimum atomic E-state index is 0.572. The van der Waals surface area contributed by atoms with Gasteiger partial charge >= 0.3 is 0 Å². The molecule has 0 radical (unpaired) electrons. The number of likely N-dealkylation sites (tertiary alicyclic amines) is 1. The molecule has 3 heteroatoms. The Kier molecular flexibility index (Phi) is 4.31. The van der Waals surface area contributed by atoms with Gasteiger partial charge in [0.1, 0.15) is 0 Å². The van der Waals surface area contributed by atoms with E-state index in [0.717, 1.165) is 19.5 Å². The fourth-order valence-corrected chi connectivity index (χ4v) is 2.40. The third kappa shape index (κ3) is 3.29. The highest BCUT2D eigenvalue weighted by molar-refractivity contribution is 5.09. The Hall–Kier alpha value is -0.930. The van der Waals surface area contributed by atoms with Crippen LogP contribution in [0.1, 0.15) is 18.4 Å². The van der Waals surface area contributed by atoms with E-state index in [1.807, 2.05) is 18.5 Å². The first-order chi connectivity index (χ1) is 7.88. The zero-order valence-electron chi connectivity index (χ0n) is 9.81. The standard InChI is InChI=1S/C13H21N3/c14-9-13(11-16-6-1-2-7-16)8-12-4-3-5-15-10-12/h3-5,10,13H,1-2,6-9,11,14H2.